The Labute approximate surface area is 212 Å². The number of piperazine rings is 1. The number of aryl methyl sites for hydroxylation is 1. The van der Waals surface area contributed by atoms with Gasteiger partial charge in [-0.05, 0) is 56.0 Å². The number of nitrogens with zero attached hydrogens (tertiary/aromatic N) is 2. The lowest BCUT2D eigenvalue weighted by atomic mass is 9.92. The summed E-state index contributed by atoms with van der Waals surface area (Å²) in [6.07, 6.45) is 1.04. The highest BCUT2D eigenvalue weighted by Crippen LogP contribution is 2.32. The molecule has 4 rings (SSSR count). The van der Waals surface area contributed by atoms with Gasteiger partial charge in [-0.2, -0.15) is 0 Å². The standard InChI is InChI=1S/C28H35FN2O5/c1-4-34-21-14-12-20(13-15-21)8-7-9-22(25-27(33)36-28(2,3)35-25)26(32)31-18-16-30(17-19-31)24-11-6-5-10-23(24)29/h5-6,10-15,22,25H,4,7-9,16-19H2,1-3H3/t22-,25+/m1/s1. The summed E-state index contributed by atoms with van der Waals surface area (Å²) >= 11 is 0. The number of benzene rings is 2. The molecular weight excluding hydrogens is 463 g/mol. The Hall–Kier alpha value is -3.13. The molecule has 0 aliphatic carbocycles. The Bertz CT molecular complexity index is 1050. The van der Waals surface area contributed by atoms with Gasteiger partial charge in [0.15, 0.2) is 6.10 Å². The average molecular weight is 499 g/mol. The molecule has 0 spiro atoms. The van der Waals surface area contributed by atoms with Crippen molar-refractivity contribution in [3.8, 4) is 5.75 Å². The fourth-order valence-electron chi connectivity index (χ4n) is 4.88. The number of hydrogen-bond acceptors (Lipinski definition) is 6. The monoisotopic (exact) mass is 498 g/mol. The molecule has 2 aromatic carbocycles. The molecule has 0 radical (unpaired) electrons. The third kappa shape index (κ3) is 6.16. The first-order valence-electron chi connectivity index (χ1n) is 12.7. The van der Waals surface area contributed by atoms with E-state index in [0.29, 0.717) is 51.3 Å². The molecule has 0 saturated carbocycles. The number of para-hydroxylation sites is 1. The summed E-state index contributed by atoms with van der Waals surface area (Å²) in [5.41, 5.74) is 1.68. The topological polar surface area (TPSA) is 68.3 Å². The number of esters is 1. The van der Waals surface area contributed by atoms with Crippen molar-refractivity contribution in [3.05, 3.63) is 59.9 Å². The lowest BCUT2D eigenvalue weighted by Gasteiger charge is -2.38. The first kappa shape index (κ1) is 25.9. The van der Waals surface area contributed by atoms with Crippen LogP contribution in [0.4, 0.5) is 10.1 Å². The molecule has 8 heteroatoms. The lowest BCUT2D eigenvalue weighted by molar-refractivity contribution is -0.162. The van der Waals surface area contributed by atoms with Gasteiger partial charge in [0.1, 0.15) is 11.6 Å². The quantitative estimate of drug-likeness (QED) is 0.483. The number of carbonyl (C=O) groups is 2. The van der Waals surface area contributed by atoms with Gasteiger partial charge in [-0.15, -0.1) is 0 Å². The molecule has 36 heavy (non-hydrogen) atoms. The largest absolute Gasteiger partial charge is 0.494 e. The van der Waals surface area contributed by atoms with Gasteiger partial charge in [-0.25, -0.2) is 9.18 Å². The summed E-state index contributed by atoms with van der Waals surface area (Å²) in [4.78, 5) is 30.0. The van der Waals surface area contributed by atoms with Crippen molar-refractivity contribution >= 4 is 17.6 Å². The molecule has 0 N–H and O–H groups in total. The van der Waals surface area contributed by atoms with Crippen molar-refractivity contribution in [2.45, 2.75) is 51.9 Å². The first-order valence-corrected chi connectivity index (χ1v) is 12.7. The lowest BCUT2D eigenvalue weighted by Crippen LogP contribution is -2.52. The number of cyclic esters (lactones) is 1. The van der Waals surface area contributed by atoms with Crippen LogP contribution in [0.3, 0.4) is 0 Å². The molecular formula is C28H35FN2O5. The smallest absolute Gasteiger partial charge is 0.338 e. The van der Waals surface area contributed by atoms with Crippen LogP contribution >= 0.6 is 0 Å². The maximum absolute atomic E-state index is 14.2. The number of anilines is 1. The first-order chi connectivity index (χ1) is 17.3. The minimum atomic E-state index is -1.06. The number of halogens is 1. The van der Waals surface area contributed by atoms with E-state index >= 15 is 0 Å². The number of amides is 1. The zero-order valence-electron chi connectivity index (χ0n) is 21.2. The highest BCUT2D eigenvalue weighted by molar-refractivity contribution is 5.88. The van der Waals surface area contributed by atoms with E-state index in [4.69, 9.17) is 14.2 Å². The molecule has 2 aliphatic rings. The van der Waals surface area contributed by atoms with Gasteiger partial charge in [0.25, 0.3) is 0 Å². The van der Waals surface area contributed by atoms with Crippen LogP contribution in [0.25, 0.3) is 0 Å². The number of carbonyl (C=O) groups excluding carboxylic acids is 2. The van der Waals surface area contributed by atoms with Gasteiger partial charge in [0.05, 0.1) is 18.2 Å². The minimum Gasteiger partial charge on any atom is -0.494 e. The van der Waals surface area contributed by atoms with E-state index < -0.39 is 23.8 Å². The van der Waals surface area contributed by atoms with Crippen LogP contribution in [0.15, 0.2) is 48.5 Å². The zero-order chi connectivity index (χ0) is 25.7. The van der Waals surface area contributed by atoms with Crippen LogP contribution in [0.1, 0.15) is 39.2 Å². The van der Waals surface area contributed by atoms with Gasteiger partial charge in [-0.3, -0.25) is 4.79 Å². The van der Waals surface area contributed by atoms with E-state index in [2.05, 4.69) is 0 Å². The molecule has 1 amide bonds. The van der Waals surface area contributed by atoms with E-state index in [1.54, 1.807) is 36.9 Å². The molecule has 2 fully saturated rings. The molecule has 7 nitrogen and oxygen atoms in total. The number of ether oxygens (including phenoxy) is 3. The summed E-state index contributed by atoms with van der Waals surface area (Å²) in [5.74, 6) is -1.75. The molecule has 0 aromatic heterocycles. The molecule has 2 aliphatic heterocycles. The van der Waals surface area contributed by atoms with Crippen LogP contribution < -0.4 is 9.64 Å². The second-order valence-electron chi connectivity index (χ2n) is 9.70. The Morgan fingerprint density at radius 3 is 2.42 bits per heavy atom. The fourth-order valence-corrected chi connectivity index (χ4v) is 4.88. The fraction of sp³-hybridized carbons (Fsp3) is 0.500. The SMILES string of the molecule is CCOc1ccc(CCC[C@@H](C(=O)N2CCN(c3ccccc3F)CC2)[C@@H]2OC(C)(C)OC2=O)cc1. The second-order valence-corrected chi connectivity index (χ2v) is 9.70. The molecule has 2 saturated heterocycles. The van der Waals surface area contributed by atoms with Crippen molar-refractivity contribution in [3.63, 3.8) is 0 Å². The van der Waals surface area contributed by atoms with Gasteiger partial charge < -0.3 is 24.0 Å². The van der Waals surface area contributed by atoms with Crippen LogP contribution in [0, 0.1) is 11.7 Å². The summed E-state index contributed by atoms with van der Waals surface area (Å²) in [6.45, 7) is 7.87. The third-order valence-electron chi connectivity index (χ3n) is 6.67. The number of rotatable bonds is 9. The second kappa shape index (κ2) is 11.3. The van der Waals surface area contributed by atoms with Crippen molar-refractivity contribution in [1.29, 1.82) is 0 Å². The summed E-state index contributed by atoms with van der Waals surface area (Å²) in [5, 5.41) is 0. The normalized spacial score (nSPS) is 20.2. The predicted molar refractivity (Wildman–Crippen MR) is 134 cm³/mol. The van der Waals surface area contributed by atoms with E-state index in [1.165, 1.54) is 6.07 Å². The zero-order valence-corrected chi connectivity index (χ0v) is 21.2. The Balaban J connectivity index is 1.41. The maximum atomic E-state index is 14.2. The van der Waals surface area contributed by atoms with Crippen molar-refractivity contribution in [1.82, 2.24) is 4.90 Å². The summed E-state index contributed by atoms with van der Waals surface area (Å²) in [6, 6.07) is 14.6. The van der Waals surface area contributed by atoms with Crippen LogP contribution in [-0.4, -0.2) is 61.5 Å². The minimum absolute atomic E-state index is 0.116. The van der Waals surface area contributed by atoms with Crippen molar-refractivity contribution in [2.24, 2.45) is 5.92 Å². The highest BCUT2D eigenvalue weighted by Gasteiger charge is 2.48. The molecule has 194 valence electrons. The van der Waals surface area contributed by atoms with Gasteiger partial charge >= 0.3 is 5.97 Å². The molecule has 0 unspecified atom stereocenters. The Morgan fingerprint density at radius 2 is 1.81 bits per heavy atom. The highest BCUT2D eigenvalue weighted by atomic mass is 19.1. The van der Waals surface area contributed by atoms with Crippen molar-refractivity contribution in [2.75, 3.05) is 37.7 Å². The van der Waals surface area contributed by atoms with Crippen LogP contribution in [-0.2, 0) is 25.5 Å². The Kier molecular flexibility index (Phi) is 8.14. The molecule has 2 heterocycles. The molecule has 2 aromatic rings. The number of hydrogen-bond donors (Lipinski definition) is 0. The van der Waals surface area contributed by atoms with Crippen LogP contribution in [0.2, 0.25) is 0 Å². The Morgan fingerprint density at radius 1 is 1.11 bits per heavy atom. The van der Waals surface area contributed by atoms with E-state index in [-0.39, 0.29) is 11.7 Å². The summed E-state index contributed by atoms with van der Waals surface area (Å²) < 4.78 is 31.0. The maximum Gasteiger partial charge on any atom is 0.338 e. The molecule has 0 bridgehead atoms. The van der Waals surface area contributed by atoms with Crippen LogP contribution in [0.5, 0.6) is 5.75 Å². The van der Waals surface area contributed by atoms with Gasteiger partial charge in [-0.1, -0.05) is 24.3 Å². The van der Waals surface area contributed by atoms with E-state index in [0.717, 1.165) is 17.7 Å². The van der Waals surface area contributed by atoms with Gasteiger partial charge in [0, 0.05) is 40.0 Å². The van der Waals surface area contributed by atoms with E-state index in [9.17, 15) is 14.0 Å². The summed E-state index contributed by atoms with van der Waals surface area (Å²) in [7, 11) is 0. The molecule has 2 atom stereocenters. The average Bonchev–Trinajstić information content (AvgIpc) is 3.14. The third-order valence-corrected chi connectivity index (χ3v) is 6.67. The predicted octanol–water partition coefficient (Wildman–Crippen LogP) is 4.19. The van der Waals surface area contributed by atoms with Crippen molar-refractivity contribution < 1.29 is 28.2 Å². The van der Waals surface area contributed by atoms with Gasteiger partial charge in [0.2, 0.25) is 11.7 Å². The van der Waals surface area contributed by atoms with E-state index in [1.807, 2.05) is 36.1 Å².